The molecule has 2 N–H and O–H groups in total. The summed E-state index contributed by atoms with van der Waals surface area (Å²) in [6.07, 6.45) is 4.71. The van der Waals surface area contributed by atoms with Crippen LogP contribution in [0.1, 0.15) is 72.6 Å². The van der Waals surface area contributed by atoms with Gasteiger partial charge >= 0.3 is 11.9 Å². The van der Waals surface area contributed by atoms with Crippen LogP contribution in [0.2, 0.25) is 0 Å². The number of carbonyl (C=O) groups excluding carboxylic acids is 3. The first kappa shape index (κ1) is 23.4. The fraction of sp³-hybridized carbons (Fsp3) is 0.800. The van der Waals surface area contributed by atoms with Gasteiger partial charge in [-0.15, -0.1) is 0 Å². The van der Waals surface area contributed by atoms with E-state index in [1.165, 1.54) is 19.4 Å². The van der Waals surface area contributed by atoms with E-state index < -0.39 is 35.2 Å². The van der Waals surface area contributed by atoms with Crippen molar-refractivity contribution in [1.29, 1.82) is 0 Å². The fourth-order valence-electron chi connectivity index (χ4n) is 7.92. The summed E-state index contributed by atoms with van der Waals surface area (Å²) in [5, 5.41) is 23.5. The second-order valence-corrected chi connectivity index (χ2v) is 10.9. The zero-order chi connectivity index (χ0) is 23.5. The monoisotopic (exact) mass is 448 g/mol. The van der Waals surface area contributed by atoms with Gasteiger partial charge in [-0.1, -0.05) is 19.4 Å². The van der Waals surface area contributed by atoms with Crippen LogP contribution in [0.25, 0.3) is 0 Å². The molecule has 7 nitrogen and oxygen atoms in total. The Morgan fingerprint density at radius 1 is 1.16 bits per heavy atom. The Balaban J connectivity index is 1.67. The number of rotatable bonds is 4. The second kappa shape index (κ2) is 7.94. The molecule has 0 aromatic rings. The van der Waals surface area contributed by atoms with Crippen molar-refractivity contribution in [1.82, 2.24) is 0 Å². The molecule has 8 atom stereocenters. The third kappa shape index (κ3) is 3.43. The molecule has 0 heterocycles. The van der Waals surface area contributed by atoms with Crippen molar-refractivity contribution in [2.45, 2.75) is 90.4 Å². The number of hydrogen-bond donors (Lipinski definition) is 2. The second-order valence-electron chi connectivity index (χ2n) is 10.9. The number of carbonyl (C=O) groups is 3. The lowest BCUT2D eigenvalue weighted by Crippen LogP contribution is -2.63. The highest BCUT2D eigenvalue weighted by Gasteiger charge is 2.68. The Bertz CT molecular complexity index is 849. The van der Waals surface area contributed by atoms with Crippen LogP contribution in [0.3, 0.4) is 0 Å². The Hall–Kier alpha value is -1.73. The van der Waals surface area contributed by atoms with E-state index in [0.29, 0.717) is 19.3 Å². The smallest absolute Gasteiger partial charge is 0.303 e. The molecule has 0 bridgehead atoms. The first-order valence-electron chi connectivity index (χ1n) is 11.9. The number of ketones is 1. The molecule has 3 saturated carbocycles. The minimum atomic E-state index is -1.40. The van der Waals surface area contributed by atoms with E-state index in [9.17, 15) is 24.6 Å². The molecule has 0 aromatic carbocycles. The molecule has 0 aliphatic heterocycles. The van der Waals surface area contributed by atoms with Crippen LogP contribution in [-0.4, -0.2) is 52.4 Å². The van der Waals surface area contributed by atoms with Crippen molar-refractivity contribution in [2.24, 2.45) is 28.6 Å². The molecule has 0 spiro atoms. The van der Waals surface area contributed by atoms with Crippen molar-refractivity contribution < 1.29 is 34.1 Å². The Kier molecular flexibility index (Phi) is 5.82. The predicted molar refractivity (Wildman–Crippen MR) is 115 cm³/mol. The maximum absolute atomic E-state index is 12.0. The molecule has 0 aromatic heterocycles. The number of hydrogen-bond acceptors (Lipinski definition) is 7. The summed E-state index contributed by atoms with van der Waals surface area (Å²) in [4.78, 5) is 35.3. The SMILES string of the molecule is CC(=O)OCC(OC(C)=O)C1(O)CCC2C3CCC4=CC(=O)CCC4(C)C3C(O)CC21C. The minimum absolute atomic E-state index is 0.0386. The highest BCUT2D eigenvalue weighted by molar-refractivity contribution is 5.91. The van der Waals surface area contributed by atoms with Crippen molar-refractivity contribution in [3.8, 4) is 0 Å². The third-order valence-corrected chi connectivity index (χ3v) is 9.39. The van der Waals surface area contributed by atoms with Gasteiger partial charge in [-0.2, -0.15) is 0 Å². The van der Waals surface area contributed by atoms with Crippen LogP contribution in [0.15, 0.2) is 11.6 Å². The Morgan fingerprint density at radius 2 is 1.88 bits per heavy atom. The summed E-state index contributed by atoms with van der Waals surface area (Å²) in [7, 11) is 0. The standard InChI is InChI=1S/C25H36O7/c1-14(26)31-13-21(32-15(2)27)25(30)10-8-19-18-6-5-16-11-17(28)7-9-23(16,3)22(18)20(29)12-24(19,25)4/h11,18-22,29-30H,5-10,12-13H2,1-4H3. The molecule has 32 heavy (non-hydrogen) atoms. The van der Waals surface area contributed by atoms with Crippen molar-refractivity contribution >= 4 is 17.7 Å². The van der Waals surface area contributed by atoms with Gasteiger partial charge in [0.15, 0.2) is 11.9 Å². The van der Waals surface area contributed by atoms with Crippen LogP contribution in [-0.2, 0) is 23.9 Å². The first-order valence-corrected chi connectivity index (χ1v) is 11.9. The molecule has 4 aliphatic rings. The van der Waals surface area contributed by atoms with Gasteiger partial charge in [0.1, 0.15) is 12.2 Å². The average molecular weight is 449 g/mol. The van der Waals surface area contributed by atoms with E-state index in [1.807, 2.05) is 6.92 Å². The molecule has 4 rings (SSSR count). The first-order chi connectivity index (χ1) is 14.9. The van der Waals surface area contributed by atoms with Gasteiger partial charge in [0.25, 0.3) is 0 Å². The van der Waals surface area contributed by atoms with E-state index in [2.05, 4.69) is 6.92 Å². The molecule has 0 saturated heterocycles. The summed E-state index contributed by atoms with van der Waals surface area (Å²) >= 11 is 0. The van der Waals surface area contributed by atoms with Gasteiger partial charge in [-0.05, 0) is 67.8 Å². The number of aliphatic hydroxyl groups excluding tert-OH is 1. The lowest BCUT2D eigenvalue weighted by Gasteiger charge is -2.61. The van der Waals surface area contributed by atoms with E-state index in [0.717, 1.165) is 25.7 Å². The quantitative estimate of drug-likeness (QED) is 0.636. The lowest BCUT2D eigenvalue weighted by atomic mass is 9.45. The molecule has 7 heteroatoms. The predicted octanol–water partition coefficient (Wildman–Crippen LogP) is 2.72. The summed E-state index contributed by atoms with van der Waals surface area (Å²) in [6.45, 7) is 6.55. The molecule has 3 fully saturated rings. The summed E-state index contributed by atoms with van der Waals surface area (Å²) in [5.41, 5.74) is -1.12. The van der Waals surface area contributed by atoms with Gasteiger partial charge < -0.3 is 19.7 Å². The van der Waals surface area contributed by atoms with Crippen molar-refractivity contribution in [2.75, 3.05) is 6.61 Å². The van der Waals surface area contributed by atoms with Gasteiger partial charge in [0, 0.05) is 25.7 Å². The topological polar surface area (TPSA) is 110 Å². The fourth-order valence-corrected chi connectivity index (χ4v) is 7.92. The van der Waals surface area contributed by atoms with Crippen LogP contribution in [0.4, 0.5) is 0 Å². The highest BCUT2D eigenvalue weighted by atomic mass is 16.6. The van der Waals surface area contributed by atoms with Crippen molar-refractivity contribution in [3.05, 3.63) is 11.6 Å². The number of ether oxygens (including phenoxy) is 2. The number of aliphatic hydroxyl groups is 2. The van der Waals surface area contributed by atoms with E-state index in [1.54, 1.807) is 6.08 Å². The maximum atomic E-state index is 12.0. The Labute approximate surface area is 189 Å². The van der Waals surface area contributed by atoms with Crippen LogP contribution >= 0.6 is 0 Å². The van der Waals surface area contributed by atoms with Crippen LogP contribution in [0, 0.1) is 28.6 Å². The van der Waals surface area contributed by atoms with Gasteiger partial charge in [0.05, 0.1) is 6.10 Å². The van der Waals surface area contributed by atoms with Crippen LogP contribution in [0.5, 0.6) is 0 Å². The van der Waals surface area contributed by atoms with Crippen LogP contribution < -0.4 is 0 Å². The zero-order valence-corrected chi connectivity index (χ0v) is 19.6. The molecular weight excluding hydrogens is 412 g/mol. The third-order valence-electron chi connectivity index (χ3n) is 9.39. The largest absolute Gasteiger partial charge is 0.462 e. The number of allylic oxidation sites excluding steroid dienone is 1. The Morgan fingerprint density at radius 3 is 2.53 bits per heavy atom. The molecule has 8 unspecified atom stereocenters. The zero-order valence-electron chi connectivity index (χ0n) is 19.6. The van der Waals surface area contributed by atoms with E-state index in [-0.39, 0.29) is 35.6 Å². The van der Waals surface area contributed by atoms with Crippen molar-refractivity contribution in [3.63, 3.8) is 0 Å². The van der Waals surface area contributed by atoms with Gasteiger partial charge in [-0.25, -0.2) is 0 Å². The van der Waals surface area contributed by atoms with Gasteiger partial charge in [-0.3, -0.25) is 14.4 Å². The summed E-state index contributed by atoms with van der Waals surface area (Å²) in [6, 6.07) is 0. The van der Waals surface area contributed by atoms with E-state index in [4.69, 9.17) is 9.47 Å². The number of fused-ring (bicyclic) bond motifs is 5. The number of esters is 2. The maximum Gasteiger partial charge on any atom is 0.303 e. The molecule has 0 amide bonds. The van der Waals surface area contributed by atoms with Gasteiger partial charge in [0.2, 0.25) is 0 Å². The minimum Gasteiger partial charge on any atom is -0.462 e. The normalized spacial score (nSPS) is 43.9. The summed E-state index contributed by atoms with van der Waals surface area (Å²) < 4.78 is 10.7. The summed E-state index contributed by atoms with van der Waals surface area (Å²) in [5.74, 6) is -0.468. The molecule has 178 valence electrons. The molecule has 0 radical (unpaired) electrons. The average Bonchev–Trinajstić information content (AvgIpc) is 2.96. The molecular formula is C25H36O7. The molecule has 4 aliphatic carbocycles. The lowest BCUT2D eigenvalue weighted by molar-refractivity contribution is -0.220. The van der Waals surface area contributed by atoms with E-state index >= 15 is 0 Å². The highest BCUT2D eigenvalue weighted by Crippen LogP contribution is 2.68.